The van der Waals surface area contributed by atoms with Gasteiger partial charge in [0.25, 0.3) is 0 Å². The summed E-state index contributed by atoms with van der Waals surface area (Å²) >= 11 is 0. The molecule has 15 heavy (non-hydrogen) atoms. The van der Waals surface area contributed by atoms with E-state index in [1.54, 1.807) is 24.1 Å². The van der Waals surface area contributed by atoms with Crippen LogP contribution in [0.4, 0.5) is 10.1 Å². The van der Waals surface area contributed by atoms with Gasteiger partial charge in [-0.05, 0) is 24.6 Å². The van der Waals surface area contributed by atoms with Crippen LogP contribution in [0.5, 0.6) is 0 Å². The second kappa shape index (κ2) is 5.09. The largest absolute Gasteiger partial charge is 0.395 e. The predicted molar refractivity (Wildman–Crippen MR) is 59.4 cm³/mol. The maximum absolute atomic E-state index is 13.6. The molecule has 1 aromatic carbocycles. The van der Waals surface area contributed by atoms with Gasteiger partial charge in [0.2, 0.25) is 0 Å². The van der Waals surface area contributed by atoms with E-state index in [0.717, 1.165) is 5.56 Å². The Bertz CT molecular complexity index is 328. The molecule has 0 aromatic heterocycles. The van der Waals surface area contributed by atoms with Crippen molar-refractivity contribution < 1.29 is 9.50 Å². The molecule has 84 valence electrons. The number of aliphatic hydroxyl groups is 1. The Balaban J connectivity index is 2.92. The number of nitrogens with zero attached hydrogens (tertiary/aromatic N) is 1. The number of aliphatic hydroxyl groups excluding tert-OH is 1. The Morgan fingerprint density at radius 3 is 2.67 bits per heavy atom. The van der Waals surface area contributed by atoms with E-state index in [2.05, 4.69) is 0 Å². The van der Waals surface area contributed by atoms with Gasteiger partial charge in [0.05, 0.1) is 12.3 Å². The van der Waals surface area contributed by atoms with Gasteiger partial charge in [0, 0.05) is 19.6 Å². The molecule has 0 spiro atoms. The highest BCUT2D eigenvalue weighted by Crippen LogP contribution is 2.21. The Morgan fingerprint density at radius 1 is 1.53 bits per heavy atom. The Kier molecular flexibility index (Phi) is 4.05. The molecule has 0 radical (unpaired) electrons. The lowest BCUT2D eigenvalue weighted by Crippen LogP contribution is -2.22. The van der Waals surface area contributed by atoms with Crippen LogP contribution in [0.15, 0.2) is 18.2 Å². The van der Waals surface area contributed by atoms with Gasteiger partial charge in [-0.15, -0.1) is 0 Å². The van der Waals surface area contributed by atoms with Crippen LogP contribution >= 0.6 is 0 Å². The van der Waals surface area contributed by atoms with Crippen LogP contribution in [0.3, 0.4) is 0 Å². The molecule has 0 fully saturated rings. The molecule has 0 aliphatic heterocycles. The Hall–Kier alpha value is -1.13. The maximum atomic E-state index is 13.6. The molecule has 0 saturated carbocycles. The lowest BCUT2D eigenvalue weighted by atomic mass is 10.1. The average Bonchev–Trinajstić information content (AvgIpc) is 2.17. The van der Waals surface area contributed by atoms with Gasteiger partial charge < -0.3 is 15.7 Å². The van der Waals surface area contributed by atoms with Crippen molar-refractivity contribution in [3.63, 3.8) is 0 Å². The van der Waals surface area contributed by atoms with Crippen molar-refractivity contribution >= 4 is 5.69 Å². The average molecular weight is 212 g/mol. The first-order chi connectivity index (χ1) is 7.06. The predicted octanol–water partition coefficient (Wildman–Crippen LogP) is 1.27. The molecular weight excluding hydrogens is 195 g/mol. The summed E-state index contributed by atoms with van der Waals surface area (Å²) < 4.78 is 13.6. The molecule has 1 unspecified atom stereocenters. The van der Waals surface area contributed by atoms with E-state index in [4.69, 9.17) is 10.8 Å². The van der Waals surface area contributed by atoms with Crippen LogP contribution in [0.25, 0.3) is 0 Å². The zero-order valence-corrected chi connectivity index (χ0v) is 9.07. The monoisotopic (exact) mass is 212 g/mol. The standard InChI is InChI=1S/C11H17FN2O/c1-8(13)9-3-4-11(10(12)7-9)14(2)5-6-15/h3-4,7-8,15H,5-6,13H2,1-2H3. The molecule has 0 bridgehead atoms. The number of likely N-dealkylation sites (N-methyl/N-ethyl adjacent to an activating group) is 1. The summed E-state index contributed by atoms with van der Waals surface area (Å²) in [4.78, 5) is 1.67. The summed E-state index contributed by atoms with van der Waals surface area (Å²) in [5.74, 6) is -0.305. The molecule has 0 aliphatic rings. The highest BCUT2D eigenvalue weighted by molar-refractivity contribution is 5.48. The minimum atomic E-state index is -0.305. The zero-order valence-electron chi connectivity index (χ0n) is 9.07. The number of halogens is 1. The van der Waals surface area contributed by atoms with E-state index in [1.165, 1.54) is 6.07 Å². The molecule has 4 heteroatoms. The van der Waals surface area contributed by atoms with E-state index in [0.29, 0.717) is 12.2 Å². The fourth-order valence-electron chi connectivity index (χ4n) is 1.39. The normalized spacial score (nSPS) is 12.6. The molecule has 0 saturated heterocycles. The van der Waals surface area contributed by atoms with Crippen molar-refractivity contribution in [3.05, 3.63) is 29.6 Å². The number of anilines is 1. The third kappa shape index (κ3) is 2.91. The molecule has 0 aliphatic carbocycles. The number of benzene rings is 1. The SMILES string of the molecule is CC(N)c1ccc(N(C)CCO)c(F)c1. The van der Waals surface area contributed by atoms with E-state index in [-0.39, 0.29) is 18.5 Å². The maximum Gasteiger partial charge on any atom is 0.146 e. The van der Waals surface area contributed by atoms with Crippen LogP contribution in [0.1, 0.15) is 18.5 Å². The molecule has 0 amide bonds. The van der Waals surface area contributed by atoms with Gasteiger partial charge >= 0.3 is 0 Å². The molecule has 1 aromatic rings. The summed E-state index contributed by atoms with van der Waals surface area (Å²) in [6.07, 6.45) is 0. The first kappa shape index (κ1) is 11.9. The molecule has 1 atom stereocenters. The van der Waals surface area contributed by atoms with Gasteiger partial charge in [0.15, 0.2) is 0 Å². The van der Waals surface area contributed by atoms with Crippen molar-refractivity contribution in [1.29, 1.82) is 0 Å². The highest BCUT2D eigenvalue weighted by atomic mass is 19.1. The van der Waals surface area contributed by atoms with Crippen molar-refractivity contribution in [3.8, 4) is 0 Å². The van der Waals surface area contributed by atoms with Crippen LogP contribution < -0.4 is 10.6 Å². The van der Waals surface area contributed by atoms with Gasteiger partial charge in [-0.1, -0.05) is 6.07 Å². The van der Waals surface area contributed by atoms with E-state index < -0.39 is 0 Å². The van der Waals surface area contributed by atoms with Crippen molar-refractivity contribution in [2.45, 2.75) is 13.0 Å². The lowest BCUT2D eigenvalue weighted by Gasteiger charge is -2.19. The number of nitrogens with two attached hydrogens (primary N) is 1. The van der Waals surface area contributed by atoms with Gasteiger partial charge in [-0.25, -0.2) is 4.39 Å². The third-order valence-corrected chi connectivity index (χ3v) is 2.34. The lowest BCUT2D eigenvalue weighted by molar-refractivity contribution is 0.304. The summed E-state index contributed by atoms with van der Waals surface area (Å²) in [6.45, 7) is 2.23. The number of rotatable bonds is 4. The van der Waals surface area contributed by atoms with E-state index in [9.17, 15) is 4.39 Å². The topological polar surface area (TPSA) is 49.5 Å². The van der Waals surface area contributed by atoms with Crippen molar-refractivity contribution in [1.82, 2.24) is 0 Å². The minimum Gasteiger partial charge on any atom is -0.395 e. The minimum absolute atomic E-state index is 0.00494. The number of hydrogen-bond acceptors (Lipinski definition) is 3. The Morgan fingerprint density at radius 2 is 2.20 bits per heavy atom. The second-order valence-corrected chi connectivity index (χ2v) is 3.64. The smallest absolute Gasteiger partial charge is 0.146 e. The first-order valence-electron chi connectivity index (χ1n) is 4.93. The summed E-state index contributed by atoms with van der Waals surface area (Å²) in [7, 11) is 1.74. The van der Waals surface area contributed by atoms with Crippen LogP contribution in [-0.2, 0) is 0 Å². The second-order valence-electron chi connectivity index (χ2n) is 3.64. The highest BCUT2D eigenvalue weighted by Gasteiger charge is 2.09. The fraction of sp³-hybridized carbons (Fsp3) is 0.455. The van der Waals surface area contributed by atoms with Gasteiger partial charge in [0.1, 0.15) is 5.82 Å². The third-order valence-electron chi connectivity index (χ3n) is 2.34. The van der Waals surface area contributed by atoms with E-state index >= 15 is 0 Å². The zero-order chi connectivity index (χ0) is 11.4. The summed E-state index contributed by atoms with van der Waals surface area (Å²) in [5, 5.41) is 8.75. The molecule has 1 rings (SSSR count). The van der Waals surface area contributed by atoms with Crippen LogP contribution in [-0.4, -0.2) is 25.3 Å². The van der Waals surface area contributed by atoms with Crippen LogP contribution in [0.2, 0.25) is 0 Å². The quantitative estimate of drug-likeness (QED) is 0.790. The molecule has 3 N–H and O–H groups in total. The summed E-state index contributed by atoms with van der Waals surface area (Å²) in [6, 6.07) is 4.76. The van der Waals surface area contributed by atoms with Gasteiger partial charge in [-0.3, -0.25) is 0 Å². The Labute approximate surface area is 89.3 Å². The summed E-state index contributed by atoms with van der Waals surface area (Å²) in [5.41, 5.74) is 6.90. The molecule has 3 nitrogen and oxygen atoms in total. The van der Waals surface area contributed by atoms with Crippen molar-refractivity contribution in [2.24, 2.45) is 5.73 Å². The molecular formula is C11H17FN2O. The molecule has 0 heterocycles. The van der Waals surface area contributed by atoms with E-state index in [1.807, 2.05) is 6.92 Å². The van der Waals surface area contributed by atoms with Crippen molar-refractivity contribution in [2.75, 3.05) is 25.1 Å². The van der Waals surface area contributed by atoms with Gasteiger partial charge in [-0.2, -0.15) is 0 Å². The van der Waals surface area contributed by atoms with Crippen LogP contribution in [0, 0.1) is 5.82 Å². The fourth-order valence-corrected chi connectivity index (χ4v) is 1.39. The first-order valence-corrected chi connectivity index (χ1v) is 4.93. The number of hydrogen-bond donors (Lipinski definition) is 2.